The van der Waals surface area contributed by atoms with Crippen LogP contribution >= 0.6 is 11.6 Å². The summed E-state index contributed by atoms with van der Waals surface area (Å²) >= 11 is 5.92. The van der Waals surface area contributed by atoms with Gasteiger partial charge < -0.3 is 0 Å². The van der Waals surface area contributed by atoms with E-state index >= 15 is 0 Å². The smallest absolute Gasteiger partial charge is 0.131 e. The highest BCUT2D eigenvalue weighted by Crippen LogP contribution is 2.21. The SMILES string of the molecule is [CH2]c1ccc(C=Cc2c(F)cccc2Cl)cc1. The Morgan fingerprint density at radius 2 is 1.71 bits per heavy atom. The number of benzene rings is 2. The van der Waals surface area contributed by atoms with E-state index in [2.05, 4.69) is 6.92 Å². The average Bonchev–Trinajstić information content (AvgIpc) is 2.31. The van der Waals surface area contributed by atoms with E-state index in [-0.39, 0.29) is 5.82 Å². The Bertz CT molecular complexity index is 521. The van der Waals surface area contributed by atoms with Crippen LogP contribution in [0.25, 0.3) is 12.2 Å². The summed E-state index contributed by atoms with van der Waals surface area (Å²) in [5.41, 5.74) is 2.34. The summed E-state index contributed by atoms with van der Waals surface area (Å²) in [5, 5.41) is 0.412. The van der Waals surface area contributed by atoms with Crippen molar-refractivity contribution in [3.8, 4) is 0 Å². The van der Waals surface area contributed by atoms with E-state index in [1.807, 2.05) is 30.3 Å². The van der Waals surface area contributed by atoms with E-state index in [1.54, 1.807) is 18.2 Å². The van der Waals surface area contributed by atoms with E-state index in [4.69, 9.17) is 11.6 Å². The van der Waals surface area contributed by atoms with Crippen LogP contribution in [0.15, 0.2) is 42.5 Å². The van der Waals surface area contributed by atoms with Gasteiger partial charge >= 0.3 is 0 Å². The maximum atomic E-state index is 13.5. The molecule has 0 unspecified atom stereocenters. The van der Waals surface area contributed by atoms with Gasteiger partial charge in [0.1, 0.15) is 5.82 Å². The summed E-state index contributed by atoms with van der Waals surface area (Å²) in [6, 6.07) is 12.3. The summed E-state index contributed by atoms with van der Waals surface area (Å²) in [6.07, 6.45) is 3.50. The quantitative estimate of drug-likeness (QED) is 0.665. The summed E-state index contributed by atoms with van der Waals surface area (Å²) < 4.78 is 13.5. The zero-order chi connectivity index (χ0) is 12.3. The fraction of sp³-hybridized carbons (Fsp3) is 0. The third kappa shape index (κ3) is 2.95. The van der Waals surface area contributed by atoms with Crippen molar-refractivity contribution >= 4 is 23.8 Å². The van der Waals surface area contributed by atoms with E-state index in [1.165, 1.54) is 6.07 Å². The topological polar surface area (TPSA) is 0 Å². The van der Waals surface area contributed by atoms with Crippen LogP contribution in [0.3, 0.4) is 0 Å². The molecule has 0 aliphatic rings. The van der Waals surface area contributed by atoms with Gasteiger partial charge in [0.05, 0.1) is 5.02 Å². The molecule has 0 aromatic heterocycles. The van der Waals surface area contributed by atoms with Crippen LogP contribution in [0.1, 0.15) is 16.7 Å². The minimum atomic E-state index is -0.317. The Kier molecular flexibility index (Phi) is 3.60. The molecule has 0 saturated heterocycles. The molecule has 0 nitrogen and oxygen atoms in total. The van der Waals surface area contributed by atoms with Gasteiger partial charge in [-0.25, -0.2) is 4.39 Å². The van der Waals surface area contributed by atoms with Crippen LogP contribution < -0.4 is 0 Å². The number of halogens is 2. The number of rotatable bonds is 2. The second-order valence-corrected chi connectivity index (χ2v) is 4.12. The van der Waals surface area contributed by atoms with Gasteiger partial charge in [0.2, 0.25) is 0 Å². The molecule has 1 radical (unpaired) electrons. The Morgan fingerprint density at radius 1 is 1.00 bits per heavy atom. The lowest BCUT2D eigenvalue weighted by atomic mass is 10.1. The molecule has 17 heavy (non-hydrogen) atoms. The lowest BCUT2D eigenvalue weighted by Crippen LogP contribution is -1.82. The van der Waals surface area contributed by atoms with Crippen molar-refractivity contribution in [2.24, 2.45) is 0 Å². The number of hydrogen-bond acceptors (Lipinski definition) is 0. The zero-order valence-corrected chi connectivity index (χ0v) is 9.92. The highest BCUT2D eigenvalue weighted by Gasteiger charge is 2.02. The minimum absolute atomic E-state index is 0.317. The summed E-state index contributed by atoms with van der Waals surface area (Å²) in [7, 11) is 0. The van der Waals surface area contributed by atoms with Crippen molar-refractivity contribution in [1.82, 2.24) is 0 Å². The number of hydrogen-bond donors (Lipinski definition) is 0. The third-order valence-corrected chi connectivity index (χ3v) is 2.75. The van der Waals surface area contributed by atoms with Crippen molar-refractivity contribution in [2.75, 3.05) is 0 Å². The van der Waals surface area contributed by atoms with Gasteiger partial charge in [0.15, 0.2) is 0 Å². The van der Waals surface area contributed by atoms with Gasteiger partial charge in [-0.05, 0) is 36.3 Å². The molecule has 2 heteroatoms. The molecule has 0 N–H and O–H groups in total. The van der Waals surface area contributed by atoms with Crippen molar-refractivity contribution in [2.45, 2.75) is 0 Å². The van der Waals surface area contributed by atoms with Crippen LogP contribution in [0, 0.1) is 12.7 Å². The highest BCUT2D eigenvalue weighted by atomic mass is 35.5. The molecule has 0 atom stereocenters. The molecule has 2 aromatic rings. The lowest BCUT2D eigenvalue weighted by Gasteiger charge is -2.00. The predicted molar refractivity (Wildman–Crippen MR) is 71.2 cm³/mol. The van der Waals surface area contributed by atoms with E-state index in [0.29, 0.717) is 10.6 Å². The molecule has 0 aliphatic heterocycles. The minimum Gasteiger partial charge on any atom is -0.206 e. The Balaban J connectivity index is 2.29. The fourth-order valence-electron chi connectivity index (χ4n) is 1.48. The molecule has 0 heterocycles. The summed E-state index contributed by atoms with van der Waals surface area (Å²) in [4.78, 5) is 0. The standard InChI is InChI=1S/C15H11ClF/c1-11-5-7-12(8-6-11)9-10-13-14(16)3-2-4-15(13)17/h2-10H,1H2. The highest BCUT2D eigenvalue weighted by molar-refractivity contribution is 6.32. The van der Waals surface area contributed by atoms with Crippen LogP contribution in [-0.4, -0.2) is 0 Å². The van der Waals surface area contributed by atoms with E-state index < -0.39 is 0 Å². The maximum Gasteiger partial charge on any atom is 0.131 e. The van der Waals surface area contributed by atoms with Crippen LogP contribution in [0.4, 0.5) is 4.39 Å². The van der Waals surface area contributed by atoms with Crippen molar-refractivity contribution in [1.29, 1.82) is 0 Å². The molecule has 0 spiro atoms. The van der Waals surface area contributed by atoms with Crippen molar-refractivity contribution in [3.63, 3.8) is 0 Å². The third-order valence-electron chi connectivity index (χ3n) is 2.42. The van der Waals surface area contributed by atoms with E-state index in [9.17, 15) is 4.39 Å². The largest absolute Gasteiger partial charge is 0.206 e. The molecule has 0 saturated carbocycles. The molecule has 0 aliphatic carbocycles. The Labute approximate surface area is 105 Å². The van der Waals surface area contributed by atoms with E-state index in [0.717, 1.165) is 11.1 Å². The summed E-state index contributed by atoms with van der Waals surface area (Å²) in [5.74, 6) is -0.317. The fourth-order valence-corrected chi connectivity index (χ4v) is 1.70. The maximum absolute atomic E-state index is 13.5. The molecule has 0 amide bonds. The van der Waals surface area contributed by atoms with Gasteiger partial charge in [-0.15, -0.1) is 0 Å². The summed E-state index contributed by atoms with van der Waals surface area (Å²) in [6.45, 7) is 3.80. The Hall–Kier alpha value is -1.60. The van der Waals surface area contributed by atoms with Crippen LogP contribution in [0.2, 0.25) is 5.02 Å². The first-order valence-electron chi connectivity index (χ1n) is 5.21. The monoisotopic (exact) mass is 245 g/mol. The molecule has 0 fully saturated rings. The second kappa shape index (κ2) is 5.15. The molecule has 2 rings (SSSR count). The molecule has 85 valence electrons. The molecular weight excluding hydrogens is 235 g/mol. The second-order valence-electron chi connectivity index (χ2n) is 3.71. The van der Waals surface area contributed by atoms with Crippen molar-refractivity contribution in [3.05, 3.63) is 76.9 Å². The normalized spacial score (nSPS) is 11.0. The Morgan fingerprint density at radius 3 is 2.35 bits per heavy atom. The predicted octanol–water partition coefficient (Wildman–Crippen LogP) is 4.83. The van der Waals surface area contributed by atoms with Gasteiger partial charge in [-0.3, -0.25) is 0 Å². The van der Waals surface area contributed by atoms with Gasteiger partial charge in [0.25, 0.3) is 0 Å². The van der Waals surface area contributed by atoms with Crippen LogP contribution in [-0.2, 0) is 0 Å². The molecule has 0 bridgehead atoms. The van der Waals surface area contributed by atoms with Gasteiger partial charge in [-0.2, -0.15) is 0 Å². The first kappa shape index (κ1) is 11.9. The molecule has 2 aromatic carbocycles. The van der Waals surface area contributed by atoms with Crippen molar-refractivity contribution < 1.29 is 4.39 Å². The lowest BCUT2D eigenvalue weighted by molar-refractivity contribution is 0.625. The zero-order valence-electron chi connectivity index (χ0n) is 9.16. The molecular formula is C15H11ClF. The first-order valence-corrected chi connectivity index (χ1v) is 5.59. The van der Waals surface area contributed by atoms with Crippen LogP contribution in [0.5, 0.6) is 0 Å². The van der Waals surface area contributed by atoms with Gasteiger partial charge in [0, 0.05) is 5.56 Å². The van der Waals surface area contributed by atoms with Gasteiger partial charge in [-0.1, -0.05) is 48.0 Å². The average molecular weight is 246 g/mol. The first-order chi connectivity index (χ1) is 8.16.